The molecule has 20 heavy (non-hydrogen) atoms. The number of nitrogens with zero attached hydrogens (tertiary/aromatic N) is 1. The van der Waals surface area contributed by atoms with Crippen molar-refractivity contribution in [1.29, 1.82) is 0 Å². The van der Waals surface area contributed by atoms with Crippen LogP contribution in [-0.2, 0) is 14.3 Å². The molecule has 0 saturated carbocycles. The zero-order valence-corrected chi connectivity index (χ0v) is 12.5. The molecule has 2 heterocycles. The van der Waals surface area contributed by atoms with Gasteiger partial charge in [0.25, 0.3) is 0 Å². The molecule has 2 unspecified atom stereocenters. The van der Waals surface area contributed by atoms with Crippen LogP contribution >= 0.6 is 15.9 Å². The van der Waals surface area contributed by atoms with Crippen molar-refractivity contribution < 1.29 is 23.7 Å². The topological polar surface area (TPSA) is 66.4 Å². The Bertz CT molecular complexity index is 601. The average molecular weight is 342 g/mol. The molecule has 0 amide bonds. The van der Waals surface area contributed by atoms with Crippen LogP contribution < -0.4 is 9.47 Å². The van der Waals surface area contributed by atoms with Gasteiger partial charge in [-0.05, 0) is 12.1 Å². The van der Waals surface area contributed by atoms with Gasteiger partial charge in [0, 0.05) is 17.0 Å². The monoisotopic (exact) mass is 341 g/mol. The first-order valence-corrected chi connectivity index (χ1v) is 6.77. The van der Waals surface area contributed by atoms with Crippen LogP contribution in [0.15, 0.2) is 21.6 Å². The van der Waals surface area contributed by atoms with E-state index >= 15 is 0 Å². The zero-order chi connectivity index (χ0) is 14.3. The van der Waals surface area contributed by atoms with Gasteiger partial charge in [-0.25, -0.2) is 9.79 Å². The summed E-state index contributed by atoms with van der Waals surface area (Å²) in [4.78, 5) is 16.0. The maximum atomic E-state index is 11.8. The van der Waals surface area contributed by atoms with Crippen molar-refractivity contribution in [3.8, 4) is 11.5 Å². The van der Waals surface area contributed by atoms with Crippen molar-refractivity contribution in [3.05, 3.63) is 22.2 Å². The van der Waals surface area contributed by atoms with Crippen LogP contribution in [-0.4, -0.2) is 31.8 Å². The minimum absolute atomic E-state index is 0.187. The van der Waals surface area contributed by atoms with E-state index in [1.165, 1.54) is 7.11 Å². The number of rotatable bonds is 2. The highest BCUT2D eigenvalue weighted by atomic mass is 79.9. The molecular formula is C13H12BrNO5. The third-order valence-electron chi connectivity index (χ3n) is 3.15. The minimum atomic E-state index is -0.711. The van der Waals surface area contributed by atoms with Crippen LogP contribution in [0.1, 0.15) is 18.6 Å². The number of esters is 1. The fraction of sp³-hybridized carbons (Fsp3) is 0.385. The second-order valence-electron chi connectivity index (χ2n) is 4.38. The van der Waals surface area contributed by atoms with Gasteiger partial charge in [-0.15, -0.1) is 0 Å². The first-order chi connectivity index (χ1) is 9.60. The van der Waals surface area contributed by atoms with Crippen LogP contribution in [0, 0.1) is 0 Å². The lowest BCUT2D eigenvalue weighted by molar-refractivity contribution is -0.143. The average Bonchev–Trinajstić information content (AvgIpc) is 3.02. The Morgan fingerprint density at radius 3 is 2.80 bits per heavy atom. The number of carbonyl (C=O) groups excluding carboxylic acids is 1. The number of hydrogen-bond donors (Lipinski definition) is 0. The molecule has 0 fully saturated rings. The third kappa shape index (κ3) is 2.11. The quantitative estimate of drug-likeness (QED) is 0.771. The number of carbonyl (C=O) groups is 1. The molecular weight excluding hydrogens is 330 g/mol. The van der Waals surface area contributed by atoms with Gasteiger partial charge >= 0.3 is 5.97 Å². The van der Waals surface area contributed by atoms with Crippen molar-refractivity contribution in [3.63, 3.8) is 0 Å². The Balaban J connectivity index is 1.98. The number of hydrogen-bond acceptors (Lipinski definition) is 6. The highest BCUT2D eigenvalue weighted by molar-refractivity contribution is 9.10. The first kappa shape index (κ1) is 13.2. The predicted octanol–water partition coefficient (Wildman–Crippen LogP) is 2.21. The first-order valence-electron chi connectivity index (χ1n) is 5.98. The Morgan fingerprint density at radius 1 is 1.40 bits per heavy atom. The third-order valence-corrected chi connectivity index (χ3v) is 3.83. The highest BCUT2D eigenvalue weighted by Gasteiger charge is 2.39. The number of fused-ring (bicyclic) bond motifs is 1. The van der Waals surface area contributed by atoms with Crippen LogP contribution in [0.3, 0.4) is 0 Å². The van der Waals surface area contributed by atoms with Gasteiger partial charge in [-0.2, -0.15) is 0 Å². The maximum Gasteiger partial charge on any atom is 0.335 e. The predicted molar refractivity (Wildman–Crippen MR) is 73.0 cm³/mol. The summed E-state index contributed by atoms with van der Waals surface area (Å²) in [7, 11) is 1.33. The summed E-state index contributed by atoms with van der Waals surface area (Å²) in [5.74, 6) is 1.30. The van der Waals surface area contributed by atoms with E-state index in [9.17, 15) is 4.79 Å². The molecule has 0 N–H and O–H groups in total. The molecule has 0 saturated heterocycles. The van der Waals surface area contributed by atoms with Crippen LogP contribution in [0.2, 0.25) is 0 Å². The van der Waals surface area contributed by atoms with E-state index in [1.54, 1.807) is 19.1 Å². The SMILES string of the molecule is COC(=O)C1N=C(C)OC1c1cc2c(cc1Br)OCO2. The molecule has 0 radical (unpaired) electrons. The molecule has 1 aromatic carbocycles. The molecule has 2 aliphatic heterocycles. The van der Waals surface area contributed by atoms with E-state index in [4.69, 9.17) is 18.9 Å². The molecule has 106 valence electrons. The summed E-state index contributed by atoms with van der Waals surface area (Å²) in [6, 6.07) is 2.88. The summed E-state index contributed by atoms with van der Waals surface area (Å²) < 4.78 is 21.8. The summed E-state index contributed by atoms with van der Waals surface area (Å²) in [5, 5.41) is 0. The normalized spacial score (nSPS) is 23.2. The van der Waals surface area contributed by atoms with E-state index in [0.29, 0.717) is 17.4 Å². The molecule has 0 bridgehead atoms. The second kappa shape index (κ2) is 4.97. The number of methoxy groups -OCH3 is 1. The highest BCUT2D eigenvalue weighted by Crippen LogP contribution is 2.42. The van der Waals surface area contributed by atoms with Crippen LogP contribution in [0.4, 0.5) is 0 Å². The van der Waals surface area contributed by atoms with Gasteiger partial charge in [0.1, 0.15) is 0 Å². The van der Waals surface area contributed by atoms with E-state index in [0.717, 1.165) is 10.0 Å². The number of halogens is 1. The molecule has 1 aromatic rings. The minimum Gasteiger partial charge on any atom is -0.470 e. The van der Waals surface area contributed by atoms with Crippen molar-refractivity contribution in [2.24, 2.45) is 4.99 Å². The molecule has 0 aliphatic carbocycles. The van der Waals surface area contributed by atoms with E-state index in [-0.39, 0.29) is 6.79 Å². The number of benzene rings is 1. The summed E-state index contributed by atoms with van der Waals surface area (Å²) in [5.41, 5.74) is 0.769. The van der Waals surface area contributed by atoms with Gasteiger partial charge in [-0.1, -0.05) is 15.9 Å². The van der Waals surface area contributed by atoms with Gasteiger partial charge in [-0.3, -0.25) is 0 Å². The van der Waals surface area contributed by atoms with Crippen molar-refractivity contribution in [2.75, 3.05) is 13.9 Å². The molecule has 3 rings (SSSR count). The van der Waals surface area contributed by atoms with Gasteiger partial charge in [0.15, 0.2) is 29.5 Å². The molecule has 2 atom stereocenters. The molecule has 6 nitrogen and oxygen atoms in total. The van der Waals surface area contributed by atoms with E-state index in [1.807, 2.05) is 0 Å². The smallest absolute Gasteiger partial charge is 0.335 e. The second-order valence-corrected chi connectivity index (χ2v) is 5.24. The van der Waals surface area contributed by atoms with Gasteiger partial charge < -0.3 is 18.9 Å². The van der Waals surface area contributed by atoms with Crippen molar-refractivity contribution in [1.82, 2.24) is 0 Å². The summed E-state index contributed by atoms with van der Waals surface area (Å²) >= 11 is 3.46. The van der Waals surface area contributed by atoms with Gasteiger partial charge in [0.2, 0.25) is 6.79 Å². The van der Waals surface area contributed by atoms with Gasteiger partial charge in [0.05, 0.1) is 7.11 Å². The van der Waals surface area contributed by atoms with E-state index < -0.39 is 18.1 Å². The number of aliphatic imine (C=N–C) groups is 1. The zero-order valence-electron chi connectivity index (χ0n) is 10.9. The maximum absolute atomic E-state index is 11.8. The number of ether oxygens (including phenoxy) is 4. The standard InChI is InChI=1S/C13H12BrNO5/c1-6-15-11(13(16)17-2)12(20-6)7-3-9-10(4-8(7)14)19-5-18-9/h3-4,11-12H,5H2,1-2H3. The summed E-state index contributed by atoms with van der Waals surface area (Å²) in [6.45, 7) is 1.89. The van der Waals surface area contributed by atoms with Crippen LogP contribution in [0.5, 0.6) is 11.5 Å². The Kier molecular flexibility index (Phi) is 3.29. The molecule has 2 aliphatic rings. The molecule has 7 heteroatoms. The summed E-state index contributed by atoms with van der Waals surface area (Å²) in [6.07, 6.45) is -0.536. The largest absolute Gasteiger partial charge is 0.470 e. The van der Waals surface area contributed by atoms with Crippen LogP contribution in [0.25, 0.3) is 0 Å². The van der Waals surface area contributed by atoms with E-state index in [2.05, 4.69) is 20.9 Å². The fourth-order valence-electron chi connectivity index (χ4n) is 2.22. The Hall–Kier alpha value is -1.76. The van der Waals surface area contributed by atoms with Crippen molar-refractivity contribution >= 4 is 27.8 Å². The lowest BCUT2D eigenvalue weighted by Gasteiger charge is -2.18. The Labute approximate surface area is 123 Å². The fourth-order valence-corrected chi connectivity index (χ4v) is 2.77. The Morgan fingerprint density at radius 2 is 2.10 bits per heavy atom. The van der Waals surface area contributed by atoms with Crippen molar-refractivity contribution in [2.45, 2.75) is 19.1 Å². The molecule has 0 aromatic heterocycles. The lowest BCUT2D eigenvalue weighted by Crippen LogP contribution is -2.25. The lowest BCUT2D eigenvalue weighted by atomic mass is 10.0. The molecule has 0 spiro atoms.